The van der Waals surface area contributed by atoms with E-state index < -0.39 is 0 Å². The van der Waals surface area contributed by atoms with Crippen LogP contribution in [-0.4, -0.2) is 29.9 Å². The molecule has 0 amide bonds. The molecule has 6 nitrogen and oxygen atoms in total. The lowest BCUT2D eigenvalue weighted by Crippen LogP contribution is -2.00. The number of hydrogen-bond donors (Lipinski definition) is 0. The molecule has 6 heteroatoms. The van der Waals surface area contributed by atoms with Gasteiger partial charge in [0.1, 0.15) is 11.0 Å². The van der Waals surface area contributed by atoms with Crippen molar-refractivity contribution in [3.05, 3.63) is 133 Å². The van der Waals surface area contributed by atoms with Crippen LogP contribution in [0.1, 0.15) is 0 Å². The van der Waals surface area contributed by atoms with Crippen molar-refractivity contribution in [1.29, 1.82) is 0 Å². The summed E-state index contributed by atoms with van der Waals surface area (Å²) in [7, 11) is 0. The number of nitrogens with zero attached hydrogens (tertiary/aromatic N) is 6. The van der Waals surface area contributed by atoms with Crippen LogP contribution in [0, 0.1) is 0 Å². The third kappa shape index (κ3) is 4.10. The minimum atomic E-state index is 0.622. The van der Waals surface area contributed by atoms with E-state index in [9.17, 15) is 0 Å². The fraction of sp³-hybridized carbons (Fsp3) is 0. The monoisotopic (exact) mass is 526 g/mol. The molecule has 0 bridgehead atoms. The van der Waals surface area contributed by atoms with Gasteiger partial charge in [0.15, 0.2) is 17.5 Å². The van der Waals surface area contributed by atoms with E-state index >= 15 is 0 Å². The van der Waals surface area contributed by atoms with Gasteiger partial charge < -0.3 is 0 Å². The van der Waals surface area contributed by atoms with Gasteiger partial charge in [-0.05, 0) is 40.4 Å². The average molecular weight is 527 g/mol. The first kappa shape index (κ1) is 23.2. The van der Waals surface area contributed by atoms with E-state index in [1.807, 2.05) is 97.1 Å². The van der Waals surface area contributed by atoms with Crippen LogP contribution in [0.4, 0.5) is 0 Å². The smallest absolute Gasteiger partial charge is 0.164 e. The third-order valence-corrected chi connectivity index (χ3v) is 7.30. The molecule has 192 valence electrons. The van der Waals surface area contributed by atoms with Crippen LogP contribution >= 0.6 is 0 Å². The quantitative estimate of drug-likeness (QED) is 0.218. The number of aromatic nitrogens is 6. The highest BCUT2D eigenvalue weighted by Gasteiger charge is 2.15. The lowest BCUT2D eigenvalue weighted by molar-refractivity contribution is 0.766. The molecule has 0 aliphatic rings. The van der Waals surface area contributed by atoms with Crippen molar-refractivity contribution in [2.24, 2.45) is 0 Å². The molecule has 6 aromatic carbocycles. The zero-order valence-corrected chi connectivity index (χ0v) is 21.9. The van der Waals surface area contributed by atoms with Crippen LogP contribution in [0.15, 0.2) is 133 Å². The molecule has 0 unspecified atom stereocenters. The first-order chi connectivity index (χ1) is 20.3. The SMILES string of the molecule is c1ccc(-c2nc(-c3ccccc3)nc(-c3ccc4ccc5ccc6nn(-c7ccccc7)nc6c5c4c3)n2)cc1. The third-order valence-electron chi connectivity index (χ3n) is 7.30. The molecule has 41 heavy (non-hydrogen) atoms. The summed E-state index contributed by atoms with van der Waals surface area (Å²) in [5.74, 6) is 1.90. The Balaban J connectivity index is 1.36. The second-order valence-corrected chi connectivity index (χ2v) is 9.90. The summed E-state index contributed by atoms with van der Waals surface area (Å²) < 4.78 is 0. The Kier molecular flexibility index (Phi) is 5.35. The predicted octanol–water partition coefficient (Wildman–Crippen LogP) is 7.91. The van der Waals surface area contributed by atoms with Crippen molar-refractivity contribution in [2.45, 2.75) is 0 Å². The fourth-order valence-corrected chi connectivity index (χ4v) is 5.27. The Labute approximate surface area is 235 Å². The molecule has 2 heterocycles. The Morgan fingerprint density at radius 1 is 0.439 bits per heavy atom. The minimum Gasteiger partial charge on any atom is -0.208 e. The Morgan fingerprint density at radius 3 is 1.63 bits per heavy atom. The molecule has 0 fully saturated rings. The second kappa shape index (κ2) is 9.47. The van der Waals surface area contributed by atoms with Crippen LogP contribution in [0.2, 0.25) is 0 Å². The summed E-state index contributed by atoms with van der Waals surface area (Å²) in [5, 5.41) is 14.1. The molecule has 0 saturated heterocycles. The fourth-order valence-electron chi connectivity index (χ4n) is 5.27. The Morgan fingerprint density at radius 2 is 0.976 bits per heavy atom. The van der Waals surface area contributed by atoms with Gasteiger partial charge >= 0.3 is 0 Å². The van der Waals surface area contributed by atoms with E-state index in [0.29, 0.717) is 17.5 Å². The molecular weight excluding hydrogens is 504 g/mol. The number of para-hydroxylation sites is 1. The second-order valence-electron chi connectivity index (χ2n) is 9.90. The molecule has 0 saturated carbocycles. The van der Waals surface area contributed by atoms with Gasteiger partial charge in [-0.3, -0.25) is 0 Å². The highest BCUT2D eigenvalue weighted by atomic mass is 15.5. The molecule has 2 aromatic heterocycles. The highest BCUT2D eigenvalue weighted by molar-refractivity contribution is 6.18. The van der Waals surface area contributed by atoms with E-state index in [4.69, 9.17) is 25.1 Å². The lowest BCUT2D eigenvalue weighted by Gasteiger charge is -2.10. The predicted molar refractivity (Wildman–Crippen MR) is 164 cm³/mol. The molecule has 8 aromatic rings. The van der Waals surface area contributed by atoms with Crippen molar-refractivity contribution < 1.29 is 0 Å². The molecule has 0 aliphatic heterocycles. The highest BCUT2D eigenvalue weighted by Crippen LogP contribution is 2.34. The largest absolute Gasteiger partial charge is 0.208 e. The normalized spacial score (nSPS) is 11.4. The van der Waals surface area contributed by atoms with Crippen molar-refractivity contribution in [3.63, 3.8) is 0 Å². The zero-order chi connectivity index (χ0) is 27.2. The molecule has 8 rings (SSSR count). The average Bonchev–Trinajstić information content (AvgIpc) is 3.50. The number of fused-ring (bicyclic) bond motifs is 5. The van der Waals surface area contributed by atoms with Crippen molar-refractivity contribution in [3.8, 4) is 39.9 Å². The summed E-state index contributed by atoms with van der Waals surface area (Å²) in [5.41, 5.74) is 5.42. The van der Waals surface area contributed by atoms with Gasteiger partial charge in [-0.1, -0.05) is 109 Å². The summed E-state index contributed by atoms with van der Waals surface area (Å²) in [6.07, 6.45) is 0. The molecule has 0 spiro atoms. The Bertz CT molecular complexity index is 2130. The number of rotatable bonds is 4. The summed E-state index contributed by atoms with van der Waals surface area (Å²) in [6, 6.07) is 44.8. The summed E-state index contributed by atoms with van der Waals surface area (Å²) >= 11 is 0. The first-order valence-corrected chi connectivity index (χ1v) is 13.5. The topological polar surface area (TPSA) is 69.4 Å². The lowest BCUT2D eigenvalue weighted by atomic mass is 9.98. The molecule has 0 atom stereocenters. The molecule has 0 N–H and O–H groups in total. The van der Waals surface area contributed by atoms with E-state index in [2.05, 4.69) is 36.4 Å². The molecular formula is C35H22N6. The molecule has 0 aliphatic carbocycles. The van der Waals surface area contributed by atoms with Crippen LogP contribution in [0.3, 0.4) is 0 Å². The van der Waals surface area contributed by atoms with Gasteiger partial charge in [0.25, 0.3) is 0 Å². The van der Waals surface area contributed by atoms with Gasteiger partial charge in [0.05, 0.1) is 5.69 Å². The van der Waals surface area contributed by atoms with E-state index in [1.54, 1.807) is 4.80 Å². The summed E-state index contributed by atoms with van der Waals surface area (Å²) in [6.45, 7) is 0. The summed E-state index contributed by atoms with van der Waals surface area (Å²) in [4.78, 5) is 16.4. The first-order valence-electron chi connectivity index (χ1n) is 13.5. The number of hydrogen-bond acceptors (Lipinski definition) is 5. The van der Waals surface area contributed by atoms with Gasteiger partial charge in [-0.25, -0.2) is 15.0 Å². The van der Waals surface area contributed by atoms with Gasteiger partial charge in [-0.2, -0.15) is 4.80 Å². The van der Waals surface area contributed by atoms with E-state index in [-0.39, 0.29) is 0 Å². The zero-order valence-electron chi connectivity index (χ0n) is 21.9. The molecule has 0 radical (unpaired) electrons. The van der Waals surface area contributed by atoms with Gasteiger partial charge in [0, 0.05) is 22.1 Å². The van der Waals surface area contributed by atoms with Crippen LogP contribution in [0.5, 0.6) is 0 Å². The Hall–Kier alpha value is -5.75. The van der Waals surface area contributed by atoms with Crippen molar-refractivity contribution in [2.75, 3.05) is 0 Å². The van der Waals surface area contributed by atoms with Gasteiger partial charge in [-0.15, -0.1) is 10.2 Å². The van der Waals surface area contributed by atoms with Crippen molar-refractivity contribution >= 4 is 32.6 Å². The number of benzene rings is 6. The van der Waals surface area contributed by atoms with E-state index in [1.165, 1.54) is 0 Å². The standard InChI is InChI=1S/C35H22N6/c1-4-10-25(11-5-1)33-36-34(26-12-6-2-7-13-26)38-35(37-33)27-19-17-23-16-18-24-20-21-30-32(31(24)29(23)22-27)40-41(39-30)28-14-8-3-9-15-28/h1-22H. The van der Waals surface area contributed by atoms with E-state index in [0.717, 1.165) is 55.0 Å². The maximum Gasteiger partial charge on any atom is 0.164 e. The van der Waals surface area contributed by atoms with Crippen LogP contribution in [0.25, 0.3) is 72.4 Å². The maximum atomic E-state index is 4.94. The van der Waals surface area contributed by atoms with Crippen LogP contribution < -0.4 is 0 Å². The maximum absolute atomic E-state index is 4.94. The van der Waals surface area contributed by atoms with Gasteiger partial charge in [0.2, 0.25) is 0 Å². The van der Waals surface area contributed by atoms with Crippen molar-refractivity contribution in [1.82, 2.24) is 29.9 Å². The minimum absolute atomic E-state index is 0.622. The van der Waals surface area contributed by atoms with Crippen LogP contribution in [-0.2, 0) is 0 Å².